The molecular formula is C17H18O6. The third-order valence-electron chi connectivity index (χ3n) is 3.97. The van der Waals surface area contributed by atoms with Crippen molar-refractivity contribution in [2.45, 2.75) is 12.0 Å². The molecule has 2 aromatic carbocycles. The van der Waals surface area contributed by atoms with Gasteiger partial charge >= 0.3 is 0 Å². The second-order valence-corrected chi connectivity index (χ2v) is 5.71. The molecule has 1 heterocycles. The lowest BCUT2D eigenvalue weighted by Crippen LogP contribution is -2.43. The maximum absolute atomic E-state index is 10.5. The molecule has 122 valence electrons. The smallest absolute Gasteiger partial charge is 0.160 e. The number of aliphatic hydroxyl groups excluding tert-OH is 1. The van der Waals surface area contributed by atoms with Gasteiger partial charge in [0.15, 0.2) is 11.5 Å². The Hall–Kier alpha value is -2.44. The van der Waals surface area contributed by atoms with Crippen LogP contribution in [0.25, 0.3) is 11.1 Å². The summed E-state index contributed by atoms with van der Waals surface area (Å²) in [5.41, 5.74) is 0.548. The topological polar surface area (TPSA) is 99.4 Å². The highest BCUT2D eigenvalue weighted by Crippen LogP contribution is 2.42. The highest BCUT2D eigenvalue weighted by Gasteiger charge is 2.32. The molecule has 6 nitrogen and oxygen atoms in total. The summed E-state index contributed by atoms with van der Waals surface area (Å²) >= 11 is 0. The zero-order chi connectivity index (χ0) is 16.6. The van der Waals surface area contributed by atoms with Crippen LogP contribution in [0, 0.1) is 0 Å². The Bertz CT molecular complexity index is 742. The van der Waals surface area contributed by atoms with Gasteiger partial charge in [0.1, 0.15) is 23.7 Å². The third-order valence-corrected chi connectivity index (χ3v) is 3.97. The van der Waals surface area contributed by atoms with E-state index in [0.29, 0.717) is 22.4 Å². The van der Waals surface area contributed by atoms with Crippen LogP contribution < -0.4 is 9.47 Å². The second-order valence-electron chi connectivity index (χ2n) is 5.71. The molecule has 0 spiro atoms. The summed E-state index contributed by atoms with van der Waals surface area (Å²) in [6.07, 6.45) is 0.135. The van der Waals surface area contributed by atoms with E-state index in [1.165, 1.54) is 25.3 Å². The number of aliphatic hydroxyl groups is 2. The lowest BCUT2D eigenvalue weighted by molar-refractivity contribution is -0.0472. The predicted octanol–water partition coefficient (Wildman–Crippen LogP) is 1.43. The largest absolute Gasteiger partial charge is 0.508 e. The molecule has 6 heteroatoms. The zero-order valence-electron chi connectivity index (χ0n) is 12.6. The molecule has 0 amide bonds. The number of benzene rings is 2. The lowest BCUT2D eigenvalue weighted by atomic mass is 9.88. The van der Waals surface area contributed by atoms with Crippen molar-refractivity contribution < 1.29 is 29.9 Å². The van der Waals surface area contributed by atoms with Crippen LogP contribution in [0.5, 0.6) is 23.0 Å². The van der Waals surface area contributed by atoms with Crippen molar-refractivity contribution in [3.63, 3.8) is 0 Å². The van der Waals surface area contributed by atoms with E-state index in [9.17, 15) is 20.4 Å². The molecule has 0 unspecified atom stereocenters. The molecule has 1 aliphatic rings. The van der Waals surface area contributed by atoms with Gasteiger partial charge in [-0.2, -0.15) is 0 Å². The summed E-state index contributed by atoms with van der Waals surface area (Å²) in [6, 6.07) is 7.79. The van der Waals surface area contributed by atoms with E-state index >= 15 is 0 Å². The number of aromatic hydroxyl groups is 2. The Morgan fingerprint density at radius 1 is 1.17 bits per heavy atom. The minimum absolute atomic E-state index is 0.0242. The standard InChI is InChI=1S/C17H18O6/c1-22-16-4-10-7-17(21,8-18)9-23-15-5-11(19)2-3-12(15)13(10)6-14(16)20/h2-6,18-21H,7-9H2,1H3/t17-/m0/s1. The highest BCUT2D eigenvalue weighted by atomic mass is 16.5. The van der Waals surface area contributed by atoms with Crippen LogP contribution in [0.15, 0.2) is 30.3 Å². The van der Waals surface area contributed by atoms with Gasteiger partial charge in [-0.25, -0.2) is 0 Å². The number of rotatable bonds is 2. The number of hydrogen-bond acceptors (Lipinski definition) is 6. The molecule has 4 N–H and O–H groups in total. The first kappa shape index (κ1) is 15.5. The summed E-state index contributed by atoms with van der Waals surface area (Å²) in [4.78, 5) is 0. The van der Waals surface area contributed by atoms with Gasteiger partial charge in [0.2, 0.25) is 0 Å². The van der Waals surface area contributed by atoms with E-state index in [-0.39, 0.29) is 30.3 Å². The molecule has 0 bridgehead atoms. The van der Waals surface area contributed by atoms with Gasteiger partial charge in [0.25, 0.3) is 0 Å². The van der Waals surface area contributed by atoms with Crippen molar-refractivity contribution in [3.8, 4) is 34.1 Å². The first-order valence-corrected chi connectivity index (χ1v) is 7.15. The van der Waals surface area contributed by atoms with Crippen LogP contribution in [-0.4, -0.2) is 46.4 Å². The van der Waals surface area contributed by atoms with Gasteiger partial charge in [-0.3, -0.25) is 0 Å². The van der Waals surface area contributed by atoms with Crippen molar-refractivity contribution in [2.24, 2.45) is 0 Å². The number of ether oxygens (including phenoxy) is 2. The van der Waals surface area contributed by atoms with Crippen molar-refractivity contribution in [1.29, 1.82) is 0 Å². The minimum Gasteiger partial charge on any atom is -0.508 e. The molecule has 2 aromatic rings. The van der Waals surface area contributed by atoms with Crippen LogP contribution >= 0.6 is 0 Å². The monoisotopic (exact) mass is 318 g/mol. The van der Waals surface area contributed by atoms with E-state index in [2.05, 4.69) is 0 Å². The highest BCUT2D eigenvalue weighted by molar-refractivity contribution is 5.77. The van der Waals surface area contributed by atoms with Crippen molar-refractivity contribution in [3.05, 3.63) is 35.9 Å². The number of phenolic OH excluding ortho intramolecular Hbond substituents is 2. The normalized spacial score (nSPS) is 19.8. The van der Waals surface area contributed by atoms with Crippen molar-refractivity contribution in [2.75, 3.05) is 20.3 Å². The number of methoxy groups -OCH3 is 1. The quantitative estimate of drug-likeness (QED) is 0.668. The summed E-state index contributed by atoms with van der Waals surface area (Å²) < 4.78 is 10.7. The van der Waals surface area contributed by atoms with Gasteiger partial charge in [-0.1, -0.05) is 0 Å². The van der Waals surface area contributed by atoms with E-state index in [4.69, 9.17) is 9.47 Å². The minimum atomic E-state index is -1.47. The van der Waals surface area contributed by atoms with Crippen LogP contribution in [-0.2, 0) is 6.42 Å². The van der Waals surface area contributed by atoms with Crippen LogP contribution in [0.3, 0.4) is 0 Å². The SMILES string of the molecule is COc1cc2c(cc1O)-c1ccc(O)cc1OC[C@@](O)(CO)C2. The molecule has 23 heavy (non-hydrogen) atoms. The fraction of sp³-hybridized carbons (Fsp3) is 0.294. The Balaban J connectivity index is 2.24. The summed E-state index contributed by atoms with van der Waals surface area (Å²) in [5, 5.41) is 39.8. The van der Waals surface area contributed by atoms with E-state index in [0.717, 1.165) is 0 Å². The number of fused-ring (bicyclic) bond motifs is 3. The summed E-state index contributed by atoms with van der Waals surface area (Å²) in [6.45, 7) is -0.605. The molecule has 1 aliphatic heterocycles. The average molecular weight is 318 g/mol. The summed E-state index contributed by atoms with van der Waals surface area (Å²) in [5.74, 6) is 0.628. The molecule has 1 atom stereocenters. The molecular weight excluding hydrogens is 300 g/mol. The van der Waals surface area contributed by atoms with Gasteiger partial charge in [-0.15, -0.1) is 0 Å². The van der Waals surface area contributed by atoms with Gasteiger partial charge < -0.3 is 29.9 Å². The Morgan fingerprint density at radius 2 is 1.96 bits per heavy atom. The van der Waals surface area contributed by atoms with Crippen LogP contribution in [0.4, 0.5) is 0 Å². The predicted molar refractivity (Wildman–Crippen MR) is 83.0 cm³/mol. The first-order chi connectivity index (χ1) is 11.0. The molecule has 0 aromatic heterocycles. The lowest BCUT2D eigenvalue weighted by Gasteiger charge is -2.30. The first-order valence-electron chi connectivity index (χ1n) is 7.15. The Morgan fingerprint density at radius 3 is 2.65 bits per heavy atom. The fourth-order valence-corrected chi connectivity index (χ4v) is 2.74. The Labute approximate surface area is 133 Å². The number of phenols is 2. The molecule has 0 aliphatic carbocycles. The van der Waals surface area contributed by atoms with Crippen LogP contribution in [0.1, 0.15) is 5.56 Å². The fourth-order valence-electron chi connectivity index (χ4n) is 2.74. The Kier molecular flexibility index (Phi) is 3.79. The molecule has 0 saturated heterocycles. The van der Waals surface area contributed by atoms with Crippen molar-refractivity contribution in [1.82, 2.24) is 0 Å². The maximum atomic E-state index is 10.5. The third kappa shape index (κ3) is 2.78. The summed E-state index contributed by atoms with van der Waals surface area (Å²) in [7, 11) is 1.44. The molecule has 0 saturated carbocycles. The molecule has 0 radical (unpaired) electrons. The van der Waals surface area contributed by atoms with Crippen molar-refractivity contribution >= 4 is 0 Å². The van der Waals surface area contributed by atoms with Gasteiger partial charge in [0, 0.05) is 18.1 Å². The molecule has 3 rings (SSSR count). The second kappa shape index (κ2) is 5.64. The zero-order valence-corrected chi connectivity index (χ0v) is 12.6. The maximum Gasteiger partial charge on any atom is 0.160 e. The van der Waals surface area contributed by atoms with E-state index in [1.807, 2.05) is 0 Å². The van der Waals surface area contributed by atoms with Crippen LogP contribution in [0.2, 0.25) is 0 Å². The van der Waals surface area contributed by atoms with Gasteiger partial charge in [0.05, 0.1) is 13.7 Å². The average Bonchev–Trinajstić information content (AvgIpc) is 2.53. The van der Waals surface area contributed by atoms with E-state index in [1.54, 1.807) is 12.1 Å². The van der Waals surface area contributed by atoms with Gasteiger partial charge in [-0.05, 0) is 35.4 Å². The van der Waals surface area contributed by atoms with E-state index < -0.39 is 12.2 Å². The molecule has 0 fully saturated rings. The number of hydrogen-bond donors (Lipinski definition) is 4.